The van der Waals surface area contributed by atoms with E-state index in [1.165, 1.54) is 5.57 Å². The monoisotopic (exact) mass is 298 g/mol. The van der Waals surface area contributed by atoms with Crippen molar-refractivity contribution in [2.75, 3.05) is 6.61 Å². The number of rotatable bonds is 6. The van der Waals surface area contributed by atoms with Gasteiger partial charge in [0, 0.05) is 6.32 Å². The molecule has 20 heavy (non-hydrogen) atoms. The summed E-state index contributed by atoms with van der Waals surface area (Å²) in [5, 5.41) is 9.64. The Bertz CT molecular complexity index is 320. The molecule has 5 heteroatoms. The molecule has 0 fully saturated rings. The summed E-state index contributed by atoms with van der Waals surface area (Å²) in [6.07, 6.45) is 2.55. The largest absolute Gasteiger partial charge is 0.458 e. The van der Waals surface area contributed by atoms with Crippen LogP contribution in [0, 0.1) is 0 Å². The van der Waals surface area contributed by atoms with Gasteiger partial charge in [-0.2, -0.15) is 0 Å². The Morgan fingerprint density at radius 1 is 1.25 bits per heavy atom. The average Bonchev–Trinajstić information content (AvgIpc) is 2.32. The molecule has 1 rings (SSSR count). The molecule has 116 valence electrons. The highest BCUT2D eigenvalue weighted by Crippen LogP contribution is 2.42. The molecule has 1 unspecified atom stereocenters. The first-order chi connectivity index (χ1) is 9.21. The average molecular weight is 298 g/mol. The van der Waals surface area contributed by atoms with Crippen molar-refractivity contribution < 1.29 is 14.1 Å². The van der Waals surface area contributed by atoms with Crippen molar-refractivity contribution in [1.29, 1.82) is 0 Å². The van der Waals surface area contributed by atoms with Gasteiger partial charge in [-0.05, 0) is 29.1 Å². The van der Waals surface area contributed by atoms with Gasteiger partial charge in [0.05, 0.1) is 12.7 Å². The van der Waals surface area contributed by atoms with E-state index >= 15 is 0 Å². The molecule has 1 atom stereocenters. The van der Waals surface area contributed by atoms with E-state index in [0.717, 1.165) is 0 Å². The van der Waals surface area contributed by atoms with Gasteiger partial charge >= 0.3 is 7.12 Å². The minimum absolute atomic E-state index is 0.0955. The summed E-state index contributed by atoms with van der Waals surface area (Å²) in [4.78, 5) is 0. The molecule has 1 aliphatic heterocycles. The van der Waals surface area contributed by atoms with Crippen molar-refractivity contribution in [1.82, 2.24) is 0 Å². The van der Waals surface area contributed by atoms with Crippen LogP contribution in [0.1, 0.15) is 48.5 Å². The predicted octanol–water partition coefficient (Wildman–Crippen LogP) is 4.00. The minimum Gasteiger partial charge on any atom is -0.427 e. The van der Waals surface area contributed by atoms with Crippen LogP contribution in [-0.2, 0) is 9.08 Å². The van der Waals surface area contributed by atoms with Crippen LogP contribution in [-0.4, -0.2) is 33.2 Å². The molecule has 0 aliphatic carbocycles. The number of allylic oxidation sites excluding steroid dienone is 1. The Kier molecular flexibility index (Phi) is 6.51. The lowest BCUT2D eigenvalue weighted by Crippen LogP contribution is -2.50. The zero-order valence-electron chi connectivity index (χ0n) is 14.1. The van der Waals surface area contributed by atoms with Crippen LogP contribution in [0.4, 0.5) is 0 Å². The maximum Gasteiger partial charge on any atom is 0.458 e. The van der Waals surface area contributed by atoms with E-state index in [9.17, 15) is 5.02 Å². The van der Waals surface area contributed by atoms with Crippen molar-refractivity contribution >= 4 is 15.4 Å². The van der Waals surface area contributed by atoms with Crippen LogP contribution in [0.2, 0.25) is 22.9 Å². The molecule has 1 N–H and O–H groups in total. The Hall–Kier alpha value is -0.0982. The standard InChI is InChI=1S/C15H31BO3Si/c1-11(2)20(12(3)4,13(5)6)18-10-15-14(7)8-9-16(17)19-15/h8,11-13,15,17H,9-10H2,1-7H3. The van der Waals surface area contributed by atoms with Gasteiger partial charge in [0.25, 0.3) is 0 Å². The normalized spacial score (nSPS) is 21.1. The Labute approximate surface area is 126 Å². The van der Waals surface area contributed by atoms with Crippen LogP contribution in [0.15, 0.2) is 11.6 Å². The van der Waals surface area contributed by atoms with E-state index in [4.69, 9.17) is 9.08 Å². The topological polar surface area (TPSA) is 38.7 Å². The van der Waals surface area contributed by atoms with Gasteiger partial charge in [-0.25, -0.2) is 0 Å². The van der Waals surface area contributed by atoms with Gasteiger partial charge in [0.1, 0.15) is 0 Å². The van der Waals surface area contributed by atoms with Crippen molar-refractivity contribution in [2.24, 2.45) is 0 Å². The van der Waals surface area contributed by atoms with Gasteiger partial charge in [-0.1, -0.05) is 47.6 Å². The van der Waals surface area contributed by atoms with Crippen molar-refractivity contribution in [3.8, 4) is 0 Å². The molecule has 0 saturated heterocycles. The molecule has 0 aromatic heterocycles. The van der Waals surface area contributed by atoms with Crippen molar-refractivity contribution in [3.63, 3.8) is 0 Å². The van der Waals surface area contributed by atoms with Crippen LogP contribution in [0.3, 0.4) is 0 Å². The van der Waals surface area contributed by atoms with E-state index in [1.807, 2.05) is 0 Å². The third-order valence-corrected chi connectivity index (χ3v) is 10.7. The molecule has 0 spiro atoms. The summed E-state index contributed by atoms with van der Waals surface area (Å²) < 4.78 is 12.2. The quantitative estimate of drug-likeness (QED) is 0.595. The molecule has 0 radical (unpaired) electrons. The Morgan fingerprint density at radius 3 is 2.20 bits per heavy atom. The highest BCUT2D eigenvalue weighted by molar-refractivity contribution is 6.77. The van der Waals surface area contributed by atoms with Crippen LogP contribution < -0.4 is 0 Å². The van der Waals surface area contributed by atoms with Gasteiger partial charge in [-0.3, -0.25) is 0 Å². The lowest BCUT2D eigenvalue weighted by atomic mass is 9.80. The summed E-state index contributed by atoms with van der Waals surface area (Å²) in [6.45, 7) is 16.3. The predicted molar refractivity (Wildman–Crippen MR) is 88.4 cm³/mol. The fourth-order valence-corrected chi connectivity index (χ4v) is 9.10. The second-order valence-corrected chi connectivity index (χ2v) is 12.4. The molecular weight excluding hydrogens is 267 g/mol. The summed E-state index contributed by atoms with van der Waals surface area (Å²) in [7, 11) is -2.53. The van der Waals surface area contributed by atoms with E-state index < -0.39 is 15.4 Å². The zero-order valence-corrected chi connectivity index (χ0v) is 15.1. The Balaban J connectivity index is 2.82. The maximum absolute atomic E-state index is 9.64. The SMILES string of the molecule is CC1=CCB(O)OC1CO[Si](C(C)C)(C(C)C)C(C)C. The van der Waals surface area contributed by atoms with E-state index in [-0.39, 0.29) is 6.10 Å². The van der Waals surface area contributed by atoms with Gasteiger partial charge in [0.15, 0.2) is 8.32 Å². The highest BCUT2D eigenvalue weighted by atomic mass is 28.4. The Morgan fingerprint density at radius 2 is 1.75 bits per heavy atom. The third kappa shape index (κ3) is 3.76. The second kappa shape index (κ2) is 7.25. The summed E-state index contributed by atoms with van der Waals surface area (Å²) >= 11 is 0. The maximum atomic E-state index is 9.64. The zero-order chi connectivity index (χ0) is 15.5. The first-order valence-electron chi connectivity index (χ1n) is 7.85. The molecule has 0 amide bonds. The number of hydrogen-bond donors (Lipinski definition) is 1. The van der Waals surface area contributed by atoms with E-state index in [0.29, 0.717) is 29.6 Å². The first-order valence-corrected chi connectivity index (χ1v) is 9.99. The molecular formula is C15H31BO3Si. The lowest BCUT2D eigenvalue weighted by Gasteiger charge is -2.43. The molecule has 1 heterocycles. The fraction of sp³-hybridized carbons (Fsp3) is 0.867. The number of hydrogen-bond acceptors (Lipinski definition) is 3. The third-order valence-electron chi connectivity index (χ3n) is 4.66. The molecule has 1 aliphatic rings. The van der Waals surface area contributed by atoms with E-state index in [1.54, 1.807) is 0 Å². The van der Waals surface area contributed by atoms with Crippen LogP contribution >= 0.6 is 0 Å². The summed E-state index contributed by atoms with van der Waals surface area (Å²) in [5.41, 5.74) is 2.88. The summed E-state index contributed by atoms with van der Waals surface area (Å²) in [5.74, 6) is 0. The van der Waals surface area contributed by atoms with Crippen LogP contribution in [0.25, 0.3) is 0 Å². The van der Waals surface area contributed by atoms with Gasteiger partial charge < -0.3 is 14.1 Å². The van der Waals surface area contributed by atoms with E-state index in [2.05, 4.69) is 54.5 Å². The van der Waals surface area contributed by atoms with Crippen molar-refractivity contribution in [3.05, 3.63) is 11.6 Å². The highest BCUT2D eigenvalue weighted by Gasteiger charge is 2.45. The second-order valence-electron chi connectivity index (χ2n) is 6.89. The fourth-order valence-electron chi connectivity index (χ4n) is 3.66. The molecule has 0 aromatic rings. The molecule has 0 saturated carbocycles. The van der Waals surface area contributed by atoms with Gasteiger partial charge in [-0.15, -0.1) is 0 Å². The van der Waals surface area contributed by atoms with Crippen molar-refractivity contribution in [2.45, 2.75) is 77.5 Å². The summed E-state index contributed by atoms with van der Waals surface area (Å²) in [6, 6.07) is 0. The smallest absolute Gasteiger partial charge is 0.427 e. The molecule has 0 aromatic carbocycles. The van der Waals surface area contributed by atoms with Crippen LogP contribution in [0.5, 0.6) is 0 Å². The first kappa shape index (κ1) is 18.0. The minimum atomic E-state index is -1.85. The molecule has 3 nitrogen and oxygen atoms in total. The lowest BCUT2D eigenvalue weighted by molar-refractivity contribution is 0.118. The molecule has 0 bridgehead atoms. The van der Waals surface area contributed by atoms with Gasteiger partial charge in [0.2, 0.25) is 0 Å².